The van der Waals surface area contributed by atoms with Crippen molar-refractivity contribution >= 4 is 15.9 Å². The summed E-state index contributed by atoms with van der Waals surface area (Å²) in [4.78, 5) is 0. The molecule has 0 aliphatic carbocycles. The van der Waals surface area contributed by atoms with Gasteiger partial charge in [-0.3, -0.25) is 5.84 Å². The SMILES string of the molecule is Cc1cc(Br)cc(C(NN)c2cc(F)ccc2F)c1. The quantitative estimate of drug-likeness (QED) is 0.668. The molecule has 2 rings (SSSR count). The van der Waals surface area contributed by atoms with E-state index < -0.39 is 17.7 Å². The van der Waals surface area contributed by atoms with Gasteiger partial charge >= 0.3 is 0 Å². The number of hydrogen-bond acceptors (Lipinski definition) is 2. The Hall–Kier alpha value is -1.30. The van der Waals surface area contributed by atoms with Crippen molar-refractivity contribution in [3.05, 3.63) is 69.2 Å². The van der Waals surface area contributed by atoms with E-state index in [1.807, 2.05) is 25.1 Å². The molecule has 0 aliphatic rings. The molecule has 0 aliphatic heterocycles. The zero-order valence-corrected chi connectivity index (χ0v) is 11.8. The van der Waals surface area contributed by atoms with Gasteiger partial charge in [0.05, 0.1) is 6.04 Å². The van der Waals surface area contributed by atoms with Gasteiger partial charge in [0.1, 0.15) is 11.6 Å². The van der Waals surface area contributed by atoms with Crippen LogP contribution in [0.5, 0.6) is 0 Å². The largest absolute Gasteiger partial charge is 0.271 e. The number of aryl methyl sites for hydroxylation is 1. The Labute approximate surface area is 118 Å². The van der Waals surface area contributed by atoms with E-state index in [9.17, 15) is 8.78 Å². The standard InChI is InChI=1S/C14H13BrF2N2/c1-8-4-9(6-10(15)5-8)14(19-18)12-7-11(16)2-3-13(12)17/h2-7,14,19H,18H2,1H3. The molecule has 3 N–H and O–H groups in total. The maximum atomic E-state index is 13.8. The Bertz CT molecular complexity index is 582. The molecule has 1 unspecified atom stereocenters. The molecule has 0 spiro atoms. The van der Waals surface area contributed by atoms with Crippen molar-refractivity contribution in [3.8, 4) is 0 Å². The second-order valence-electron chi connectivity index (χ2n) is 4.33. The molecular weight excluding hydrogens is 314 g/mol. The third-order valence-corrected chi connectivity index (χ3v) is 3.29. The van der Waals surface area contributed by atoms with Crippen molar-refractivity contribution in [2.24, 2.45) is 5.84 Å². The molecule has 100 valence electrons. The fourth-order valence-electron chi connectivity index (χ4n) is 2.03. The lowest BCUT2D eigenvalue weighted by atomic mass is 9.97. The minimum absolute atomic E-state index is 0.181. The predicted octanol–water partition coefficient (Wildman–Crippen LogP) is 3.59. The average Bonchev–Trinajstić information content (AvgIpc) is 2.33. The minimum Gasteiger partial charge on any atom is -0.271 e. The number of benzene rings is 2. The third kappa shape index (κ3) is 3.18. The normalized spacial score (nSPS) is 12.5. The van der Waals surface area contributed by atoms with E-state index in [1.165, 1.54) is 0 Å². The van der Waals surface area contributed by atoms with Gasteiger partial charge in [0.25, 0.3) is 0 Å². The van der Waals surface area contributed by atoms with E-state index in [-0.39, 0.29) is 5.56 Å². The molecule has 2 nitrogen and oxygen atoms in total. The van der Waals surface area contributed by atoms with Crippen LogP contribution in [0.25, 0.3) is 0 Å². The first-order valence-corrected chi connectivity index (χ1v) is 6.48. The monoisotopic (exact) mass is 326 g/mol. The molecule has 2 aromatic carbocycles. The highest BCUT2D eigenvalue weighted by Gasteiger charge is 2.18. The number of nitrogens with two attached hydrogens (primary N) is 1. The summed E-state index contributed by atoms with van der Waals surface area (Å²) in [5.41, 5.74) is 4.47. The number of hydrazine groups is 1. The Morgan fingerprint density at radius 1 is 1.16 bits per heavy atom. The molecule has 2 aromatic rings. The van der Waals surface area contributed by atoms with Crippen LogP contribution in [0.4, 0.5) is 8.78 Å². The van der Waals surface area contributed by atoms with E-state index in [4.69, 9.17) is 5.84 Å². The summed E-state index contributed by atoms with van der Waals surface area (Å²) in [5, 5.41) is 0. The Kier molecular flexibility index (Phi) is 4.29. The summed E-state index contributed by atoms with van der Waals surface area (Å²) in [7, 11) is 0. The van der Waals surface area contributed by atoms with Crippen LogP contribution in [0.2, 0.25) is 0 Å². The smallest absolute Gasteiger partial charge is 0.128 e. The van der Waals surface area contributed by atoms with Gasteiger partial charge in [-0.05, 0) is 48.4 Å². The van der Waals surface area contributed by atoms with E-state index in [1.54, 1.807) is 0 Å². The highest BCUT2D eigenvalue weighted by Crippen LogP contribution is 2.27. The molecule has 19 heavy (non-hydrogen) atoms. The summed E-state index contributed by atoms with van der Waals surface area (Å²) < 4.78 is 28.0. The maximum absolute atomic E-state index is 13.8. The first-order chi connectivity index (χ1) is 9.01. The van der Waals surface area contributed by atoms with Gasteiger partial charge in [0, 0.05) is 10.0 Å². The highest BCUT2D eigenvalue weighted by atomic mass is 79.9. The molecule has 0 saturated heterocycles. The van der Waals surface area contributed by atoms with Crippen molar-refractivity contribution < 1.29 is 8.78 Å². The zero-order chi connectivity index (χ0) is 14.0. The van der Waals surface area contributed by atoms with Crippen LogP contribution in [0.1, 0.15) is 22.7 Å². The number of hydrogen-bond donors (Lipinski definition) is 2. The van der Waals surface area contributed by atoms with Gasteiger partial charge in [-0.15, -0.1) is 0 Å². The summed E-state index contributed by atoms with van der Waals surface area (Å²) in [6.07, 6.45) is 0. The molecule has 0 radical (unpaired) electrons. The molecular formula is C14H13BrF2N2. The Morgan fingerprint density at radius 3 is 2.53 bits per heavy atom. The van der Waals surface area contributed by atoms with Gasteiger partial charge in [-0.25, -0.2) is 14.2 Å². The number of nitrogens with one attached hydrogen (secondary N) is 1. The average molecular weight is 327 g/mol. The topological polar surface area (TPSA) is 38.0 Å². The minimum atomic E-state index is -0.605. The van der Waals surface area contributed by atoms with Gasteiger partial charge in [0.15, 0.2) is 0 Å². The highest BCUT2D eigenvalue weighted by molar-refractivity contribution is 9.10. The van der Waals surface area contributed by atoms with Crippen molar-refractivity contribution in [3.63, 3.8) is 0 Å². The van der Waals surface area contributed by atoms with Crippen LogP contribution in [0, 0.1) is 18.6 Å². The summed E-state index contributed by atoms with van der Waals surface area (Å²) in [6, 6.07) is 8.35. The number of halogens is 3. The molecule has 0 bridgehead atoms. The first-order valence-electron chi connectivity index (χ1n) is 5.69. The van der Waals surface area contributed by atoms with Crippen LogP contribution in [-0.2, 0) is 0 Å². The fourth-order valence-corrected chi connectivity index (χ4v) is 2.66. The summed E-state index contributed by atoms with van der Waals surface area (Å²) in [5.74, 6) is 4.51. The van der Waals surface area contributed by atoms with Crippen LogP contribution in [0.15, 0.2) is 40.9 Å². The molecule has 1 atom stereocenters. The van der Waals surface area contributed by atoms with Crippen molar-refractivity contribution in [1.82, 2.24) is 5.43 Å². The lowest BCUT2D eigenvalue weighted by molar-refractivity contribution is 0.545. The molecule has 5 heteroatoms. The lowest BCUT2D eigenvalue weighted by Crippen LogP contribution is -2.29. The van der Waals surface area contributed by atoms with E-state index >= 15 is 0 Å². The van der Waals surface area contributed by atoms with Gasteiger partial charge in [-0.1, -0.05) is 22.0 Å². The zero-order valence-electron chi connectivity index (χ0n) is 10.3. The Morgan fingerprint density at radius 2 is 1.89 bits per heavy atom. The van der Waals surface area contributed by atoms with Crippen LogP contribution < -0.4 is 11.3 Å². The summed E-state index contributed by atoms with van der Waals surface area (Å²) in [6.45, 7) is 1.92. The predicted molar refractivity (Wildman–Crippen MR) is 74.4 cm³/mol. The molecule has 0 saturated carbocycles. The lowest BCUT2D eigenvalue weighted by Gasteiger charge is -2.18. The number of rotatable bonds is 3. The van der Waals surface area contributed by atoms with Gasteiger partial charge in [0.2, 0.25) is 0 Å². The van der Waals surface area contributed by atoms with Crippen LogP contribution in [-0.4, -0.2) is 0 Å². The fraction of sp³-hybridized carbons (Fsp3) is 0.143. The molecule has 0 amide bonds. The van der Waals surface area contributed by atoms with E-state index in [0.717, 1.165) is 33.8 Å². The van der Waals surface area contributed by atoms with Crippen LogP contribution in [0.3, 0.4) is 0 Å². The van der Waals surface area contributed by atoms with Crippen molar-refractivity contribution in [2.45, 2.75) is 13.0 Å². The molecule has 0 aromatic heterocycles. The second-order valence-corrected chi connectivity index (χ2v) is 5.24. The molecule has 0 heterocycles. The third-order valence-electron chi connectivity index (χ3n) is 2.83. The Balaban J connectivity index is 2.52. The second kappa shape index (κ2) is 5.77. The first kappa shape index (κ1) is 14.1. The van der Waals surface area contributed by atoms with Crippen LogP contribution >= 0.6 is 15.9 Å². The molecule has 0 fully saturated rings. The van der Waals surface area contributed by atoms with E-state index in [2.05, 4.69) is 21.4 Å². The van der Waals surface area contributed by atoms with Crippen molar-refractivity contribution in [2.75, 3.05) is 0 Å². The van der Waals surface area contributed by atoms with Crippen molar-refractivity contribution in [1.29, 1.82) is 0 Å². The van der Waals surface area contributed by atoms with E-state index in [0.29, 0.717) is 0 Å². The van der Waals surface area contributed by atoms with Gasteiger partial charge < -0.3 is 0 Å². The maximum Gasteiger partial charge on any atom is 0.128 e. The van der Waals surface area contributed by atoms with Gasteiger partial charge in [-0.2, -0.15) is 0 Å². The summed E-state index contributed by atoms with van der Waals surface area (Å²) >= 11 is 3.38.